The van der Waals surface area contributed by atoms with E-state index in [0.29, 0.717) is 12.0 Å². The van der Waals surface area contributed by atoms with Gasteiger partial charge >= 0.3 is 0 Å². The van der Waals surface area contributed by atoms with Crippen LogP contribution < -0.4 is 5.32 Å². The van der Waals surface area contributed by atoms with Gasteiger partial charge in [-0.15, -0.1) is 0 Å². The van der Waals surface area contributed by atoms with E-state index in [2.05, 4.69) is 56.4 Å². The van der Waals surface area contributed by atoms with Gasteiger partial charge in [0.25, 0.3) is 0 Å². The first-order chi connectivity index (χ1) is 7.74. The standard InChI is InChI=1S/C15H25N/c1-4-5-11-15(16-12-13(2)3)14-9-7-6-8-10-14/h6-10,13,15-16H,4-5,11-12H2,1-3H3. The molecule has 0 saturated heterocycles. The Morgan fingerprint density at radius 2 is 1.81 bits per heavy atom. The van der Waals surface area contributed by atoms with Gasteiger partial charge in [-0.05, 0) is 24.4 Å². The summed E-state index contributed by atoms with van der Waals surface area (Å²) in [6, 6.07) is 11.3. The summed E-state index contributed by atoms with van der Waals surface area (Å²) in [7, 11) is 0. The summed E-state index contributed by atoms with van der Waals surface area (Å²) >= 11 is 0. The molecule has 1 rings (SSSR count). The van der Waals surface area contributed by atoms with E-state index < -0.39 is 0 Å². The minimum absolute atomic E-state index is 0.531. The smallest absolute Gasteiger partial charge is 0.0320 e. The fourth-order valence-corrected chi connectivity index (χ4v) is 1.86. The van der Waals surface area contributed by atoms with Crippen molar-refractivity contribution in [1.82, 2.24) is 5.32 Å². The molecular formula is C15H25N. The monoisotopic (exact) mass is 219 g/mol. The summed E-state index contributed by atoms with van der Waals surface area (Å²) < 4.78 is 0. The molecule has 0 spiro atoms. The molecule has 1 nitrogen and oxygen atoms in total. The Hall–Kier alpha value is -0.820. The van der Waals surface area contributed by atoms with Gasteiger partial charge in [0.1, 0.15) is 0 Å². The van der Waals surface area contributed by atoms with Crippen molar-refractivity contribution in [2.24, 2.45) is 5.92 Å². The highest BCUT2D eigenvalue weighted by Gasteiger charge is 2.10. The molecule has 0 aliphatic rings. The van der Waals surface area contributed by atoms with Crippen molar-refractivity contribution in [2.75, 3.05) is 6.54 Å². The molecule has 1 atom stereocenters. The number of rotatable bonds is 7. The molecule has 0 aliphatic carbocycles. The van der Waals surface area contributed by atoms with Gasteiger partial charge in [0.2, 0.25) is 0 Å². The van der Waals surface area contributed by atoms with Gasteiger partial charge in [0.05, 0.1) is 0 Å². The van der Waals surface area contributed by atoms with E-state index in [1.165, 1.54) is 24.8 Å². The fourth-order valence-electron chi connectivity index (χ4n) is 1.86. The lowest BCUT2D eigenvalue weighted by Crippen LogP contribution is -2.25. The van der Waals surface area contributed by atoms with Crippen LogP contribution in [0.25, 0.3) is 0 Å². The van der Waals surface area contributed by atoms with Crippen LogP contribution in [0.3, 0.4) is 0 Å². The van der Waals surface area contributed by atoms with E-state index in [-0.39, 0.29) is 0 Å². The molecule has 1 N–H and O–H groups in total. The third kappa shape index (κ3) is 4.80. The van der Waals surface area contributed by atoms with Crippen molar-refractivity contribution in [2.45, 2.75) is 46.1 Å². The molecule has 0 amide bonds. The van der Waals surface area contributed by atoms with Crippen LogP contribution in [0.15, 0.2) is 30.3 Å². The Balaban J connectivity index is 2.56. The molecule has 1 heteroatoms. The van der Waals surface area contributed by atoms with Gasteiger partial charge in [0.15, 0.2) is 0 Å². The molecule has 90 valence electrons. The zero-order valence-electron chi connectivity index (χ0n) is 10.9. The summed E-state index contributed by atoms with van der Waals surface area (Å²) in [6.07, 6.45) is 3.81. The van der Waals surface area contributed by atoms with Crippen LogP contribution in [0.5, 0.6) is 0 Å². The van der Waals surface area contributed by atoms with Gasteiger partial charge < -0.3 is 5.32 Å². The highest BCUT2D eigenvalue weighted by atomic mass is 14.9. The first-order valence-electron chi connectivity index (χ1n) is 6.52. The maximum absolute atomic E-state index is 3.67. The first-order valence-corrected chi connectivity index (χ1v) is 6.52. The van der Waals surface area contributed by atoms with Crippen LogP contribution in [0, 0.1) is 5.92 Å². The van der Waals surface area contributed by atoms with E-state index in [1.54, 1.807) is 0 Å². The van der Waals surface area contributed by atoms with Gasteiger partial charge in [-0.1, -0.05) is 63.9 Å². The molecule has 0 aliphatic heterocycles. The van der Waals surface area contributed by atoms with Crippen molar-refractivity contribution in [3.63, 3.8) is 0 Å². The third-order valence-electron chi connectivity index (χ3n) is 2.82. The van der Waals surface area contributed by atoms with Crippen LogP contribution in [0.4, 0.5) is 0 Å². The largest absolute Gasteiger partial charge is 0.310 e. The van der Waals surface area contributed by atoms with Crippen LogP contribution >= 0.6 is 0 Å². The lowest BCUT2D eigenvalue weighted by molar-refractivity contribution is 0.442. The van der Waals surface area contributed by atoms with Crippen molar-refractivity contribution in [3.8, 4) is 0 Å². The third-order valence-corrected chi connectivity index (χ3v) is 2.82. The van der Waals surface area contributed by atoms with Gasteiger partial charge in [-0.2, -0.15) is 0 Å². The molecule has 1 unspecified atom stereocenters. The van der Waals surface area contributed by atoms with Gasteiger partial charge in [-0.25, -0.2) is 0 Å². The Bertz CT molecular complexity index is 266. The quantitative estimate of drug-likeness (QED) is 0.726. The molecule has 0 heterocycles. The predicted octanol–water partition coefficient (Wildman–Crippen LogP) is 4.16. The molecule has 1 aromatic rings. The molecule has 0 saturated carbocycles. The number of unbranched alkanes of at least 4 members (excludes halogenated alkanes) is 1. The number of hydrogen-bond acceptors (Lipinski definition) is 1. The molecule has 1 aromatic carbocycles. The SMILES string of the molecule is CCCCC(NCC(C)C)c1ccccc1. The maximum atomic E-state index is 3.67. The zero-order chi connectivity index (χ0) is 11.8. The summed E-state index contributed by atoms with van der Waals surface area (Å²) in [6.45, 7) is 7.87. The van der Waals surface area contributed by atoms with Crippen molar-refractivity contribution < 1.29 is 0 Å². The van der Waals surface area contributed by atoms with E-state index in [4.69, 9.17) is 0 Å². The topological polar surface area (TPSA) is 12.0 Å². The normalized spacial score (nSPS) is 13.0. The van der Waals surface area contributed by atoms with E-state index in [1.807, 2.05) is 0 Å². The van der Waals surface area contributed by atoms with E-state index in [0.717, 1.165) is 6.54 Å². The second-order valence-electron chi connectivity index (χ2n) is 4.91. The Morgan fingerprint density at radius 3 is 2.38 bits per heavy atom. The predicted molar refractivity (Wildman–Crippen MR) is 71.5 cm³/mol. The highest BCUT2D eigenvalue weighted by molar-refractivity contribution is 5.18. The van der Waals surface area contributed by atoms with Gasteiger partial charge in [0, 0.05) is 6.04 Å². The molecule has 0 radical (unpaired) electrons. The minimum atomic E-state index is 0.531. The Labute approximate surface area is 100 Å². The van der Waals surface area contributed by atoms with E-state index >= 15 is 0 Å². The highest BCUT2D eigenvalue weighted by Crippen LogP contribution is 2.19. The second-order valence-corrected chi connectivity index (χ2v) is 4.91. The second kappa shape index (κ2) is 7.45. The fraction of sp³-hybridized carbons (Fsp3) is 0.600. The summed E-state index contributed by atoms with van der Waals surface area (Å²) in [5.41, 5.74) is 1.43. The Morgan fingerprint density at radius 1 is 1.12 bits per heavy atom. The number of nitrogens with one attached hydrogen (secondary N) is 1. The summed E-state index contributed by atoms with van der Waals surface area (Å²) in [5.74, 6) is 0.716. The first kappa shape index (κ1) is 13.2. The minimum Gasteiger partial charge on any atom is -0.310 e. The van der Waals surface area contributed by atoms with Crippen LogP contribution in [-0.2, 0) is 0 Å². The average molecular weight is 219 g/mol. The lowest BCUT2D eigenvalue weighted by Gasteiger charge is -2.20. The van der Waals surface area contributed by atoms with Crippen LogP contribution in [0.2, 0.25) is 0 Å². The van der Waals surface area contributed by atoms with Crippen molar-refractivity contribution in [1.29, 1.82) is 0 Å². The van der Waals surface area contributed by atoms with Crippen molar-refractivity contribution in [3.05, 3.63) is 35.9 Å². The lowest BCUT2D eigenvalue weighted by atomic mass is 10.0. The molecule has 16 heavy (non-hydrogen) atoms. The number of hydrogen-bond donors (Lipinski definition) is 1. The molecule has 0 aromatic heterocycles. The molecule has 0 bridgehead atoms. The van der Waals surface area contributed by atoms with Crippen LogP contribution in [-0.4, -0.2) is 6.54 Å². The summed E-state index contributed by atoms with van der Waals surface area (Å²) in [5, 5.41) is 3.67. The number of benzene rings is 1. The Kier molecular flexibility index (Phi) is 6.17. The maximum Gasteiger partial charge on any atom is 0.0320 e. The molecular weight excluding hydrogens is 194 g/mol. The zero-order valence-corrected chi connectivity index (χ0v) is 10.9. The van der Waals surface area contributed by atoms with E-state index in [9.17, 15) is 0 Å². The average Bonchev–Trinajstić information content (AvgIpc) is 2.30. The van der Waals surface area contributed by atoms with Crippen LogP contribution in [0.1, 0.15) is 51.6 Å². The van der Waals surface area contributed by atoms with Gasteiger partial charge in [-0.3, -0.25) is 0 Å². The van der Waals surface area contributed by atoms with Crippen molar-refractivity contribution >= 4 is 0 Å². The molecule has 0 fully saturated rings. The summed E-state index contributed by atoms with van der Waals surface area (Å²) in [4.78, 5) is 0.